The summed E-state index contributed by atoms with van der Waals surface area (Å²) in [5.74, 6) is 0.662. The lowest BCUT2D eigenvalue weighted by Crippen LogP contribution is -2.57. The van der Waals surface area contributed by atoms with Gasteiger partial charge in [-0.15, -0.1) is 11.3 Å². The molecule has 6 heteroatoms. The number of benzene rings is 1. The van der Waals surface area contributed by atoms with Crippen LogP contribution in [0.3, 0.4) is 0 Å². The fourth-order valence-corrected chi connectivity index (χ4v) is 5.69. The van der Waals surface area contributed by atoms with E-state index in [1.165, 1.54) is 37.3 Å². The molecule has 3 saturated heterocycles. The first-order valence-corrected chi connectivity index (χ1v) is 10.2. The molecular formula is C19H19N3OS2. The van der Waals surface area contributed by atoms with Crippen LogP contribution in [0.15, 0.2) is 45.5 Å². The molecule has 2 aromatic rings. The van der Waals surface area contributed by atoms with Crippen molar-refractivity contribution >= 4 is 29.0 Å². The largest absolute Gasteiger partial charge is 0.347 e. The van der Waals surface area contributed by atoms with E-state index in [4.69, 9.17) is 0 Å². The lowest BCUT2D eigenvalue weighted by molar-refractivity contribution is 0.0622. The highest BCUT2D eigenvalue weighted by molar-refractivity contribution is 8.01. The molecule has 3 aliphatic rings. The smallest absolute Gasteiger partial charge is 0.261 e. The number of hydrogen-bond acceptors (Lipinski definition) is 5. The van der Waals surface area contributed by atoms with Crippen LogP contribution in [0, 0.1) is 17.2 Å². The molecule has 0 unspecified atom stereocenters. The summed E-state index contributed by atoms with van der Waals surface area (Å²) < 4.78 is 1.03. The van der Waals surface area contributed by atoms with Gasteiger partial charge in [0.25, 0.3) is 5.91 Å². The second kappa shape index (κ2) is 7.20. The fraction of sp³-hybridized carbons (Fsp3) is 0.368. The summed E-state index contributed by atoms with van der Waals surface area (Å²) in [4.78, 5) is 16.7. The highest BCUT2D eigenvalue weighted by atomic mass is 32.2. The average Bonchev–Trinajstić information content (AvgIpc) is 3.12. The third-order valence-corrected chi connectivity index (χ3v) is 7.29. The number of nitriles is 1. The van der Waals surface area contributed by atoms with Gasteiger partial charge in [0.2, 0.25) is 0 Å². The van der Waals surface area contributed by atoms with E-state index in [2.05, 4.69) is 16.3 Å². The zero-order valence-corrected chi connectivity index (χ0v) is 15.4. The normalized spacial score (nSPS) is 24.7. The minimum absolute atomic E-state index is 0.0316. The van der Waals surface area contributed by atoms with Crippen molar-refractivity contribution in [2.45, 2.75) is 28.0 Å². The van der Waals surface area contributed by atoms with Crippen LogP contribution in [-0.4, -0.2) is 36.5 Å². The summed E-state index contributed by atoms with van der Waals surface area (Å²) >= 11 is 3.03. The fourth-order valence-electron chi connectivity index (χ4n) is 3.62. The summed E-state index contributed by atoms with van der Waals surface area (Å²) in [5, 5.41) is 12.4. The van der Waals surface area contributed by atoms with Crippen molar-refractivity contribution in [3.05, 3.63) is 46.8 Å². The number of nitrogens with zero attached hydrogens (tertiary/aromatic N) is 2. The molecule has 4 nitrogen and oxygen atoms in total. The maximum absolute atomic E-state index is 12.6. The number of hydrogen-bond donors (Lipinski definition) is 1. The number of piperidine rings is 3. The summed E-state index contributed by atoms with van der Waals surface area (Å²) in [6.45, 7) is 3.34. The highest BCUT2D eigenvalue weighted by Gasteiger charge is 2.35. The third-order valence-electron chi connectivity index (χ3n) is 5.00. The molecule has 3 aliphatic heterocycles. The highest BCUT2D eigenvalue weighted by Crippen LogP contribution is 2.35. The van der Waals surface area contributed by atoms with Gasteiger partial charge in [-0.2, -0.15) is 5.26 Å². The molecule has 3 fully saturated rings. The molecule has 0 radical (unpaired) electrons. The van der Waals surface area contributed by atoms with Crippen LogP contribution >= 0.6 is 23.1 Å². The molecule has 5 rings (SSSR count). The van der Waals surface area contributed by atoms with Crippen LogP contribution in [-0.2, 0) is 0 Å². The van der Waals surface area contributed by atoms with Gasteiger partial charge in [0.05, 0.1) is 14.6 Å². The Kier molecular flexibility index (Phi) is 4.80. The molecule has 25 heavy (non-hydrogen) atoms. The molecule has 1 aromatic carbocycles. The monoisotopic (exact) mass is 369 g/mol. The van der Waals surface area contributed by atoms with Gasteiger partial charge in [-0.1, -0.05) is 23.9 Å². The van der Waals surface area contributed by atoms with Gasteiger partial charge in [-0.3, -0.25) is 4.79 Å². The first-order chi connectivity index (χ1) is 12.2. The maximum atomic E-state index is 12.6. The number of amides is 1. The topological polar surface area (TPSA) is 56.1 Å². The molecule has 1 atom stereocenters. The Bertz CT molecular complexity index is 818. The van der Waals surface area contributed by atoms with E-state index in [1.807, 2.05) is 36.4 Å². The van der Waals surface area contributed by atoms with E-state index in [9.17, 15) is 10.1 Å². The van der Waals surface area contributed by atoms with E-state index in [0.29, 0.717) is 11.5 Å². The molecular weight excluding hydrogens is 350 g/mol. The Morgan fingerprint density at radius 2 is 2.04 bits per heavy atom. The van der Waals surface area contributed by atoms with Crippen LogP contribution in [0.1, 0.15) is 28.1 Å². The van der Waals surface area contributed by atoms with Gasteiger partial charge < -0.3 is 10.2 Å². The molecule has 0 spiro atoms. The second-order valence-electron chi connectivity index (χ2n) is 6.55. The summed E-state index contributed by atoms with van der Waals surface area (Å²) in [5.41, 5.74) is 0.666. The van der Waals surface area contributed by atoms with Crippen molar-refractivity contribution in [1.29, 1.82) is 5.26 Å². The maximum Gasteiger partial charge on any atom is 0.261 e. The lowest BCUT2D eigenvalue weighted by Gasteiger charge is -2.44. The molecule has 4 heterocycles. The van der Waals surface area contributed by atoms with Crippen molar-refractivity contribution in [3.63, 3.8) is 0 Å². The minimum atomic E-state index is 0.0316. The van der Waals surface area contributed by atoms with Crippen molar-refractivity contribution in [2.75, 3.05) is 19.6 Å². The number of nitrogens with one attached hydrogen (secondary N) is 1. The van der Waals surface area contributed by atoms with E-state index >= 15 is 0 Å². The summed E-state index contributed by atoms with van der Waals surface area (Å²) in [7, 11) is 0. The zero-order chi connectivity index (χ0) is 17.2. The first-order valence-electron chi connectivity index (χ1n) is 8.53. The Morgan fingerprint density at radius 1 is 1.24 bits per heavy atom. The molecule has 1 aromatic heterocycles. The Labute approximate surface area is 155 Å². The SMILES string of the molecule is N#Cc1ccccc1Sc1ccc(C(=O)N[C@H]2CN3CCC2CC3)s1. The van der Waals surface area contributed by atoms with E-state index in [-0.39, 0.29) is 11.9 Å². The zero-order valence-electron chi connectivity index (χ0n) is 13.8. The van der Waals surface area contributed by atoms with Crippen LogP contribution in [0.25, 0.3) is 0 Å². The number of fused-ring (bicyclic) bond motifs is 3. The summed E-state index contributed by atoms with van der Waals surface area (Å²) in [6.07, 6.45) is 2.39. The van der Waals surface area contributed by atoms with Crippen molar-refractivity contribution in [3.8, 4) is 6.07 Å². The lowest BCUT2D eigenvalue weighted by atomic mass is 9.84. The van der Waals surface area contributed by atoms with Gasteiger partial charge in [0.1, 0.15) is 6.07 Å². The number of thiophene rings is 1. The van der Waals surface area contributed by atoms with Crippen LogP contribution in [0.4, 0.5) is 0 Å². The first kappa shape index (κ1) is 16.6. The van der Waals surface area contributed by atoms with Crippen LogP contribution in [0.5, 0.6) is 0 Å². The standard InChI is InChI=1S/C19H19N3OS2/c20-11-14-3-1-2-4-16(14)24-18-6-5-17(25-18)19(23)21-15-12-22-9-7-13(15)8-10-22/h1-6,13,15H,7-10,12H2,(H,21,23)/t15-/m0/s1. The Balaban J connectivity index is 1.42. The van der Waals surface area contributed by atoms with Gasteiger partial charge >= 0.3 is 0 Å². The summed E-state index contributed by atoms with van der Waals surface area (Å²) in [6, 6.07) is 13.9. The van der Waals surface area contributed by atoms with Crippen LogP contribution in [0.2, 0.25) is 0 Å². The molecule has 128 valence electrons. The quantitative estimate of drug-likeness (QED) is 0.895. The predicted molar refractivity (Wildman–Crippen MR) is 100 cm³/mol. The molecule has 1 N–H and O–H groups in total. The van der Waals surface area contributed by atoms with E-state index < -0.39 is 0 Å². The Morgan fingerprint density at radius 3 is 2.76 bits per heavy atom. The van der Waals surface area contributed by atoms with Gasteiger partial charge in [0, 0.05) is 17.5 Å². The second-order valence-corrected chi connectivity index (χ2v) is 8.97. The van der Waals surface area contributed by atoms with Crippen molar-refractivity contribution in [1.82, 2.24) is 10.2 Å². The van der Waals surface area contributed by atoms with E-state index in [0.717, 1.165) is 20.5 Å². The molecule has 0 aliphatic carbocycles. The van der Waals surface area contributed by atoms with Gasteiger partial charge in [-0.25, -0.2) is 0 Å². The third kappa shape index (κ3) is 3.59. The Hall–Kier alpha value is -1.81. The van der Waals surface area contributed by atoms with Crippen molar-refractivity contribution < 1.29 is 4.79 Å². The molecule has 2 bridgehead atoms. The predicted octanol–water partition coefficient (Wildman–Crippen LogP) is 3.59. The molecule has 0 saturated carbocycles. The number of carbonyl (C=O) groups is 1. The average molecular weight is 370 g/mol. The van der Waals surface area contributed by atoms with Gasteiger partial charge in [-0.05, 0) is 56.1 Å². The number of carbonyl (C=O) groups excluding carboxylic acids is 1. The van der Waals surface area contributed by atoms with Crippen LogP contribution < -0.4 is 5.32 Å². The minimum Gasteiger partial charge on any atom is -0.347 e. The van der Waals surface area contributed by atoms with Crippen molar-refractivity contribution in [2.24, 2.45) is 5.92 Å². The van der Waals surface area contributed by atoms with E-state index in [1.54, 1.807) is 11.8 Å². The number of rotatable bonds is 4. The van der Waals surface area contributed by atoms with Gasteiger partial charge in [0.15, 0.2) is 0 Å². The molecule has 1 amide bonds.